The fraction of sp³-hybridized carbons (Fsp3) is 0.300. The number of carbonyl (C=O) groups is 1. The molecule has 1 aromatic carbocycles. The predicted molar refractivity (Wildman–Crippen MR) is 108 cm³/mol. The molecule has 1 aliphatic rings. The first-order valence-electron chi connectivity index (χ1n) is 9.03. The van der Waals surface area contributed by atoms with Gasteiger partial charge in [0.2, 0.25) is 0 Å². The second-order valence-corrected chi connectivity index (χ2v) is 7.64. The summed E-state index contributed by atoms with van der Waals surface area (Å²) in [7, 11) is 1.51. The smallest absolute Gasteiger partial charge is 0.314 e. The SMILES string of the molecule is CCc1cc2c(=O)n(/N=C\c3ccc(OC(=O)C4CC4)c(OC)c3)cnc2s1. The van der Waals surface area contributed by atoms with Crippen LogP contribution >= 0.6 is 11.3 Å². The first-order chi connectivity index (χ1) is 13.6. The number of hydrogen-bond acceptors (Lipinski definition) is 7. The van der Waals surface area contributed by atoms with Gasteiger partial charge in [-0.2, -0.15) is 9.78 Å². The molecular weight excluding hydrogens is 378 g/mol. The Labute approximate surface area is 165 Å². The molecule has 144 valence electrons. The number of rotatable bonds is 6. The van der Waals surface area contributed by atoms with E-state index in [0.717, 1.165) is 29.0 Å². The Bertz CT molecular complexity index is 1130. The third-order valence-corrected chi connectivity index (χ3v) is 5.66. The molecule has 1 saturated carbocycles. The van der Waals surface area contributed by atoms with Gasteiger partial charge in [-0.25, -0.2) is 4.98 Å². The Kier molecular flexibility index (Phi) is 4.95. The molecule has 3 aromatic rings. The number of hydrogen-bond donors (Lipinski definition) is 0. The van der Waals surface area contributed by atoms with E-state index in [0.29, 0.717) is 22.4 Å². The van der Waals surface area contributed by atoms with Crippen molar-refractivity contribution < 1.29 is 14.3 Å². The highest BCUT2D eigenvalue weighted by atomic mass is 32.1. The van der Waals surface area contributed by atoms with Crippen molar-refractivity contribution in [2.75, 3.05) is 7.11 Å². The van der Waals surface area contributed by atoms with E-state index in [1.807, 2.05) is 13.0 Å². The molecule has 8 heteroatoms. The minimum absolute atomic E-state index is 0.00515. The fourth-order valence-electron chi connectivity index (χ4n) is 2.71. The molecule has 2 aromatic heterocycles. The van der Waals surface area contributed by atoms with E-state index in [9.17, 15) is 9.59 Å². The highest BCUT2D eigenvalue weighted by molar-refractivity contribution is 7.18. The molecule has 1 fully saturated rings. The molecule has 0 N–H and O–H groups in total. The van der Waals surface area contributed by atoms with Crippen LogP contribution in [-0.4, -0.2) is 29.0 Å². The first kappa shape index (κ1) is 18.4. The molecule has 28 heavy (non-hydrogen) atoms. The van der Waals surface area contributed by atoms with Gasteiger partial charge in [-0.05, 0) is 49.1 Å². The Balaban J connectivity index is 1.58. The van der Waals surface area contributed by atoms with Crippen LogP contribution in [0.15, 0.2) is 40.5 Å². The number of aryl methyl sites for hydroxylation is 1. The van der Waals surface area contributed by atoms with E-state index >= 15 is 0 Å². The summed E-state index contributed by atoms with van der Waals surface area (Å²) < 4.78 is 11.9. The molecule has 0 amide bonds. The molecule has 0 atom stereocenters. The third-order valence-electron chi connectivity index (χ3n) is 4.47. The van der Waals surface area contributed by atoms with Crippen LogP contribution in [0.1, 0.15) is 30.2 Å². The summed E-state index contributed by atoms with van der Waals surface area (Å²) in [5.74, 6) is 0.588. The lowest BCUT2D eigenvalue weighted by Crippen LogP contribution is -2.16. The van der Waals surface area contributed by atoms with Crippen LogP contribution in [0.5, 0.6) is 11.5 Å². The van der Waals surface area contributed by atoms with Crippen molar-refractivity contribution >= 4 is 33.7 Å². The molecule has 0 aliphatic heterocycles. The molecule has 1 aliphatic carbocycles. The van der Waals surface area contributed by atoms with Crippen LogP contribution in [0.2, 0.25) is 0 Å². The monoisotopic (exact) mass is 397 g/mol. The number of esters is 1. The summed E-state index contributed by atoms with van der Waals surface area (Å²) in [6.07, 6.45) is 5.57. The molecular formula is C20H19N3O4S. The molecule has 0 saturated heterocycles. The lowest BCUT2D eigenvalue weighted by atomic mass is 10.2. The predicted octanol–water partition coefficient (Wildman–Crippen LogP) is 3.23. The van der Waals surface area contributed by atoms with E-state index in [1.165, 1.54) is 35.7 Å². The van der Waals surface area contributed by atoms with Crippen molar-refractivity contribution in [3.8, 4) is 11.5 Å². The number of thiophene rings is 1. The van der Waals surface area contributed by atoms with Crippen molar-refractivity contribution in [2.45, 2.75) is 26.2 Å². The molecule has 0 spiro atoms. The van der Waals surface area contributed by atoms with Crippen molar-refractivity contribution in [1.82, 2.24) is 9.66 Å². The van der Waals surface area contributed by atoms with Crippen molar-refractivity contribution in [3.05, 3.63) is 51.4 Å². The quantitative estimate of drug-likeness (QED) is 0.362. The molecule has 0 bridgehead atoms. The van der Waals surface area contributed by atoms with Crippen LogP contribution in [0.4, 0.5) is 0 Å². The van der Waals surface area contributed by atoms with Crippen LogP contribution < -0.4 is 15.0 Å². The number of benzene rings is 1. The van der Waals surface area contributed by atoms with E-state index in [2.05, 4.69) is 10.1 Å². The summed E-state index contributed by atoms with van der Waals surface area (Å²) in [5.41, 5.74) is 0.494. The van der Waals surface area contributed by atoms with Crippen molar-refractivity contribution in [2.24, 2.45) is 11.0 Å². The number of ether oxygens (including phenoxy) is 2. The van der Waals surface area contributed by atoms with Crippen molar-refractivity contribution in [1.29, 1.82) is 0 Å². The zero-order valence-corrected chi connectivity index (χ0v) is 16.4. The van der Waals surface area contributed by atoms with E-state index < -0.39 is 0 Å². The molecule has 2 heterocycles. The zero-order valence-electron chi connectivity index (χ0n) is 15.5. The van der Waals surface area contributed by atoms with Gasteiger partial charge in [-0.3, -0.25) is 9.59 Å². The molecule has 0 radical (unpaired) electrons. The van der Waals surface area contributed by atoms with Crippen LogP contribution in [0, 0.1) is 5.92 Å². The maximum atomic E-state index is 12.6. The minimum Gasteiger partial charge on any atom is -0.493 e. The summed E-state index contributed by atoms with van der Waals surface area (Å²) >= 11 is 1.52. The van der Waals surface area contributed by atoms with Gasteiger partial charge in [0.15, 0.2) is 11.5 Å². The standard InChI is InChI=1S/C20H19N3O4S/c1-3-14-9-15-18(28-14)21-11-23(19(15)24)22-10-12-4-7-16(17(8-12)26-2)27-20(25)13-5-6-13/h4,7-11,13H,3,5-6H2,1-2H3/b22-10-. The fourth-order valence-corrected chi connectivity index (χ4v) is 3.63. The number of carbonyl (C=O) groups excluding carboxylic acids is 1. The second-order valence-electron chi connectivity index (χ2n) is 6.53. The summed E-state index contributed by atoms with van der Waals surface area (Å²) in [4.78, 5) is 30.6. The van der Waals surface area contributed by atoms with Gasteiger partial charge in [0.25, 0.3) is 5.56 Å². The lowest BCUT2D eigenvalue weighted by Gasteiger charge is -2.09. The van der Waals surface area contributed by atoms with Gasteiger partial charge < -0.3 is 9.47 Å². The summed E-state index contributed by atoms with van der Waals surface area (Å²) in [6.45, 7) is 2.04. The Morgan fingerprint density at radius 2 is 2.18 bits per heavy atom. The number of fused-ring (bicyclic) bond motifs is 1. The normalized spacial score (nSPS) is 13.9. The minimum atomic E-state index is -0.229. The van der Waals surface area contributed by atoms with Gasteiger partial charge in [0.05, 0.1) is 24.6 Å². The largest absolute Gasteiger partial charge is 0.493 e. The maximum absolute atomic E-state index is 12.6. The average molecular weight is 397 g/mol. The molecule has 7 nitrogen and oxygen atoms in total. The van der Waals surface area contributed by atoms with Crippen LogP contribution in [0.3, 0.4) is 0 Å². The van der Waals surface area contributed by atoms with Gasteiger partial charge in [-0.15, -0.1) is 11.3 Å². The third kappa shape index (κ3) is 3.68. The number of methoxy groups -OCH3 is 1. The van der Waals surface area contributed by atoms with Crippen LogP contribution in [-0.2, 0) is 11.2 Å². The number of aromatic nitrogens is 2. The average Bonchev–Trinajstić information content (AvgIpc) is 3.47. The van der Waals surface area contributed by atoms with E-state index in [1.54, 1.807) is 18.2 Å². The summed E-state index contributed by atoms with van der Waals surface area (Å²) in [5, 5.41) is 4.79. The Hall–Kier alpha value is -3.00. The zero-order chi connectivity index (χ0) is 19.7. The van der Waals surface area contributed by atoms with E-state index in [4.69, 9.17) is 9.47 Å². The van der Waals surface area contributed by atoms with Gasteiger partial charge in [-0.1, -0.05) is 6.92 Å². The molecule has 4 rings (SSSR count). The lowest BCUT2D eigenvalue weighted by molar-refractivity contribution is -0.135. The highest BCUT2D eigenvalue weighted by Crippen LogP contribution is 2.34. The second kappa shape index (κ2) is 7.55. The Morgan fingerprint density at radius 1 is 1.36 bits per heavy atom. The first-order valence-corrected chi connectivity index (χ1v) is 9.85. The van der Waals surface area contributed by atoms with E-state index in [-0.39, 0.29) is 17.4 Å². The van der Waals surface area contributed by atoms with Gasteiger partial charge in [0, 0.05) is 4.88 Å². The molecule has 0 unspecified atom stereocenters. The number of nitrogens with zero attached hydrogens (tertiary/aromatic N) is 3. The summed E-state index contributed by atoms with van der Waals surface area (Å²) in [6, 6.07) is 6.98. The highest BCUT2D eigenvalue weighted by Gasteiger charge is 2.32. The topological polar surface area (TPSA) is 82.8 Å². The maximum Gasteiger partial charge on any atom is 0.314 e. The van der Waals surface area contributed by atoms with Crippen LogP contribution in [0.25, 0.3) is 10.2 Å². The van der Waals surface area contributed by atoms with Crippen molar-refractivity contribution in [3.63, 3.8) is 0 Å². The van der Waals surface area contributed by atoms with Gasteiger partial charge in [0.1, 0.15) is 11.2 Å². The van der Waals surface area contributed by atoms with Gasteiger partial charge >= 0.3 is 5.97 Å². The Morgan fingerprint density at radius 3 is 2.89 bits per heavy atom.